The van der Waals surface area contributed by atoms with E-state index in [0.717, 1.165) is 36.8 Å². The first kappa shape index (κ1) is 41.8. The molecule has 0 spiro atoms. The Bertz CT molecular complexity index is 2640. The van der Waals surface area contributed by atoms with Gasteiger partial charge in [-0.05, 0) is 108 Å². The second kappa shape index (κ2) is 18.1. The number of nitrogens with two attached hydrogens (primary N) is 2. The lowest BCUT2D eigenvalue weighted by Gasteiger charge is -2.32. The van der Waals surface area contributed by atoms with Gasteiger partial charge in [-0.25, -0.2) is 0 Å². The van der Waals surface area contributed by atoms with Crippen LogP contribution in [-0.4, -0.2) is 66.8 Å². The average molecular weight is 844 g/mol. The molecular weight excluding hydrogens is 793 g/mol. The summed E-state index contributed by atoms with van der Waals surface area (Å²) >= 11 is 0. The van der Waals surface area contributed by atoms with Crippen molar-refractivity contribution >= 4 is 53.1 Å². The maximum atomic E-state index is 14.0. The molecule has 12 nitrogen and oxygen atoms in total. The standard InChI is InChI=1S/C50H50BN5O7/c52-31-33-7-4-9-38(27-33)35-19-23-55(24-20-35)47(58)37-15-17-41(18-16-37)54-46(57)30-50(40-11-2-1-3-12-40)49(60)62-51(63-50)45-29-43-42(13-6-14-44(43)61-45)48(59)56-25-21-36(22-26-56)39-10-5-8-34(28-39)32-53/h1-18,27-29,35-36H,19-26,30-32,52-53H2,(H,54,57)/t50-/m0/s1. The molecule has 4 heterocycles. The molecule has 5 aromatic carbocycles. The van der Waals surface area contributed by atoms with E-state index < -0.39 is 31.0 Å². The van der Waals surface area contributed by atoms with E-state index in [1.807, 2.05) is 34.1 Å². The van der Waals surface area contributed by atoms with Gasteiger partial charge in [0.25, 0.3) is 11.8 Å². The van der Waals surface area contributed by atoms with Crippen LogP contribution in [0.5, 0.6) is 0 Å². The topological polar surface area (TPSA) is 170 Å². The minimum Gasteiger partial charge on any atom is -0.501 e. The average Bonchev–Trinajstić information content (AvgIpc) is 3.93. The van der Waals surface area contributed by atoms with Gasteiger partial charge in [0.15, 0.2) is 11.3 Å². The number of carbonyl (C=O) groups excluding carboxylic acids is 4. The van der Waals surface area contributed by atoms with E-state index in [1.165, 1.54) is 11.1 Å². The normalized spacial score (nSPS) is 18.4. The van der Waals surface area contributed by atoms with Gasteiger partial charge in [0.1, 0.15) is 5.58 Å². The summed E-state index contributed by atoms with van der Waals surface area (Å²) in [5.74, 6) is -0.691. The maximum absolute atomic E-state index is 14.0. The van der Waals surface area contributed by atoms with Crippen LogP contribution in [0.15, 0.2) is 132 Å². The van der Waals surface area contributed by atoms with Crippen LogP contribution in [0.3, 0.4) is 0 Å². The number of likely N-dealkylation sites (tertiary alicyclic amines) is 2. The SMILES string of the molecule is NCc1cccc(C2CCN(C(=O)c3ccc(NC(=O)C[C@@]4(c5ccccc5)OB(c5cc6c(C(=O)N7CCC(c8cccc(CN)c8)CC7)cccc6o5)OC4=O)cc3)CC2)c1. The molecule has 3 amide bonds. The lowest BCUT2D eigenvalue weighted by atomic mass is 9.84. The lowest BCUT2D eigenvalue weighted by Crippen LogP contribution is -2.39. The molecule has 63 heavy (non-hydrogen) atoms. The molecule has 0 unspecified atom stereocenters. The summed E-state index contributed by atoms with van der Waals surface area (Å²) in [4.78, 5) is 58.9. The number of nitrogens with zero attached hydrogens (tertiary/aromatic N) is 2. The maximum Gasteiger partial charge on any atom is 0.603 e. The smallest absolute Gasteiger partial charge is 0.501 e. The second-order valence-corrected chi connectivity index (χ2v) is 16.7. The summed E-state index contributed by atoms with van der Waals surface area (Å²) < 4.78 is 18.5. The molecule has 3 aliphatic rings. The Hall–Kier alpha value is -6.54. The second-order valence-electron chi connectivity index (χ2n) is 16.7. The van der Waals surface area contributed by atoms with Gasteiger partial charge in [-0.3, -0.25) is 19.2 Å². The third kappa shape index (κ3) is 8.64. The number of rotatable bonds is 11. The number of hydrogen-bond donors (Lipinski definition) is 3. The number of nitrogens with one attached hydrogen (secondary N) is 1. The number of piperidine rings is 2. The van der Waals surface area contributed by atoms with Gasteiger partial charge in [-0.1, -0.05) is 84.9 Å². The third-order valence-electron chi connectivity index (χ3n) is 12.8. The van der Waals surface area contributed by atoms with Gasteiger partial charge in [0.05, 0.1) is 12.0 Å². The Morgan fingerprint density at radius 1 is 0.683 bits per heavy atom. The Morgan fingerprint density at radius 3 is 1.87 bits per heavy atom. The lowest BCUT2D eigenvalue weighted by molar-refractivity contribution is -0.146. The summed E-state index contributed by atoms with van der Waals surface area (Å²) in [6.45, 7) is 3.50. The predicted molar refractivity (Wildman–Crippen MR) is 241 cm³/mol. The molecule has 5 N–H and O–H groups in total. The van der Waals surface area contributed by atoms with Crippen molar-refractivity contribution < 1.29 is 32.9 Å². The minimum atomic E-state index is -1.80. The molecule has 320 valence electrons. The van der Waals surface area contributed by atoms with Crippen molar-refractivity contribution in [3.63, 3.8) is 0 Å². The highest BCUT2D eigenvalue weighted by atomic mass is 16.7. The van der Waals surface area contributed by atoms with Crippen LogP contribution in [0.25, 0.3) is 11.0 Å². The number of anilines is 1. The van der Waals surface area contributed by atoms with Gasteiger partial charge in [-0.15, -0.1) is 0 Å². The number of carbonyl (C=O) groups is 4. The Morgan fingerprint density at radius 2 is 1.27 bits per heavy atom. The number of amides is 3. The minimum absolute atomic E-state index is 0.0642. The Labute approximate surface area is 366 Å². The number of furan rings is 1. The number of hydrogen-bond acceptors (Lipinski definition) is 9. The van der Waals surface area contributed by atoms with E-state index in [4.69, 9.17) is 25.2 Å². The van der Waals surface area contributed by atoms with Gasteiger partial charge in [0.2, 0.25) is 5.91 Å². The highest BCUT2D eigenvalue weighted by Crippen LogP contribution is 2.38. The summed E-state index contributed by atoms with van der Waals surface area (Å²) in [7, 11) is -1.28. The summed E-state index contributed by atoms with van der Waals surface area (Å²) in [5, 5.41) is 3.45. The molecule has 6 aromatic rings. The molecule has 1 atom stereocenters. The van der Waals surface area contributed by atoms with E-state index >= 15 is 0 Å². The van der Waals surface area contributed by atoms with E-state index in [-0.39, 0.29) is 17.5 Å². The van der Waals surface area contributed by atoms with Gasteiger partial charge in [-0.2, -0.15) is 0 Å². The van der Waals surface area contributed by atoms with Gasteiger partial charge >= 0.3 is 13.1 Å². The fourth-order valence-corrected chi connectivity index (χ4v) is 9.32. The number of benzene rings is 5. The van der Waals surface area contributed by atoms with Gasteiger partial charge in [0, 0.05) is 55.9 Å². The van der Waals surface area contributed by atoms with Crippen LogP contribution < -0.4 is 22.4 Å². The quantitative estimate of drug-likeness (QED) is 0.122. The van der Waals surface area contributed by atoms with Crippen molar-refractivity contribution in [1.82, 2.24) is 9.80 Å². The fourth-order valence-electron chi connectivity index (χ4n) is 9.32. The zero-order valence-electron chi connectivity index (χ0n) is 35.0. The van der Waals surface area contributed by atoms with E-state index in [1.54, 1.807) is 78.9 Å². The molecule has 3 aliphatic heterocycles. The van der Waals surface area contributed by atoms with Gasteiger partial charge < -0.3 is 40.3 Å². The van der Waals surface area contributed by atoms with Crippen molar-refractivity contribution in [3.8, 4) is 0 Å². The first-order chi connectivity index (χ1) is 30.7. The largest absolute Gasteiger partial charge is 0.603 e. The zero-order valence-corrected chi connectivity index (χ0v) is 35.0. The van der Waals surface area contributed by atoms with E-state index in [2.05, 4.69) is 29.6 Å². The Kier molecular flexibility index (Phi) is 12.0. The zero-order chi connectivity index (χ0) is 43.5. The van der Waals surface area contributed by atoms with E-state index in [9.17, 15) is 19.2 Å². The molecule has 3 fully saturated rings. The first-order valence-electron chi connectivity index (χ1n) is 21.7. The van der Waals surface area contributed by atoms with E-state index in [0.29, 0.717) is 84.5 Å². The third-order valence-corrected chi connectivity index (χ3v) is 12.8. The molecular formula is C50H50BN5O7. The molecule has 0 aliphatic carbocycles. The molecule has 1 aromatic heterocycles. The van der Waals surface area contributed by atoms with Crippen LogP contribution in [0.1, 0.15) is 92.5 Å². The first-order valence-corrected chi connectivity index (χ1v) is 21.7. The molecule has 9 rings (SSSR count). The number of fused-ring (bicyclic) bond motifs is 1. The highest BCUT2D eigenvalue weighted by Gasteiger charge is 2.57. The highest BCUT2D eigenvalue weighted by molar-refractivity contribution is 6.63. The Balaban J connectivity index is 0.857. The van der Waals surface area contributed by atoms with Crippen LogP contribution in [0, 0.1) is 0 Å². The van der Waals surface area contributed by atoms with Crippen molar-refractivity contribution in [1.29, 1.82) is 0 Å². The molecule has 13 heteroatoms. The monoisotopic (exact) mass is 843 g/mol. The van der Waals surface area contributed by atoms with Crippen LogP contribution in [0.2, 0.25) is 0 Å². The summed E-state index contributed by atoms with van der Waals surface area (Å²) in [6.07, 6.45) is 3.01. The van der Waals surface area contributed by atoms with Crippen molar-refractivity contribution in [2.75, 3.05) is 31.5 Å². The van der Waals surface area contributed by atoms with Crippen molar-refractivity contribution in [2.45, 2.75) is 62.6 Å². The molecule has 0 radical (unpaired) electrons. The molecule has 0 saturated carbocycles. The molecule has 3 saturated heterocycles. The van der Waals surface area contributed by atoms with Crippen molar-refractivity contribution in [2.24, 2.45) is 11.5 Å². The van der Waals surface area contributed by atoms with Crippen molar-refractivity contribution in [3.05, 3.63) is 166 Å². The fraction of sp³-hybridized carbons (Fsp3) is 0.280. The van der Waals surface area contributed by atoms with Crippen LogP contribution in [0.4, 0.5) is 5.69 Å². The molecule has 0 bridgehead atoms. The summed E-state index contributed by atoms with van der Waals surface area (Å²) in [6, 6.07) is 39.2. The van der Waals surface area contributed by atoms with Crippen LogP contribution >= 0.6 is 0 Å². The predicted octanol–water partition coefficient (Wildman–Crippen LogP) is 6.58. The van der Waals surface area contributed by atoms with Crippen LogP contribution in [-0.2, 0) is 37.6 Å². The summed E-state index contributed by atoms with van der Waals surface area (Å²) in [5.41, 5.74) is 17.2.